The van der Waals surface area contributed by atoms with Crippen LogP contribution in [0.4, 0.5) is 0 Å². The van der Waals surface area contributed by atoms with Crippen molar-refractivity contribution in [3.8, 4) is 0 Å². The molecule has 0 rings (SSSR count). The van der Waals surface area contributed by atoms with Crippen LogP contribution in [0.25, 0.3) is 0 Å². The number of likely N-dealkylation sites (N-methyl/N-ethyl adjacent to an activating group) is 1. The summed E-state index contributed by atoms with van der Waals surface area (Å²) in [7, 11) is 5.96. The van der Waals surface area contributed by atoms with Gasteiger partial charge in [0.2, 0.25) is 0 Å². The number of carbonyl (C=O) groups excluding carboxylic acids is 2. The van der Waals surface area contributed by atoms with E-state index in [1.165, 1.54) is 128 Å². The third kappa shape index (κ3) is 43.6. The van der Waals surface area contributed by atoms with Gasteiger partial charge in [-0.15, -0.1) is 0 Å². The maximum atomic E-state index is 12.8. The van der Waals surface area contributed by atoms with E-state index < -0.39 is 24.3 Å². The minimum Gasteiger partial charge on any atom is -0.477 e. The van der Waals surface area contributed by atoms with E-state index in [9.17, 15) is 19.5 Å². The molecule has 0 bridgehead atoms. The van der Waals surface area contributed by atoms with Crippen LogP contribution in [0.3, 0.4) is 0 Å². The molecule has 0 heterocycles. The highest BCUT2D eigenvalue weighted by atomic mass is 16.7. The Bertz CT molecular complexity index is 1080. The summed E-state index contributed by atoms with van der Waals surface area (Å²) in [6.45, 7) is 4.84. The Kier molecular flexibility index (Phi) is 41.4. The van der Waals surface area contributed by atoms with Gasteiger partial charge < -0.3 is 28.5 Å². The number of carboxylic acids is 1. The summed E-state index contributed by atoms with van der Waals surface area (Å²) in [6.07, 6.45) is 46.2. The zero-order valence-electron chi connectivity index (χ0n) is 39.6. The molecule has 0 aliphatic heterocycles. The first-order valence-corrected chi connectivity index (χ1v) is 24.7. The van der Waals surface area contributed by atoms with E-state index in [1.807, 2.05) is 21.1 Å². The quantitative estimate of drug-likeness (QED) is 0.0212. The molecule has 0 amide bonds. The van der Waals surface area contributed by atoms with Crippen molar-refractivity contribution in [3.05, 3.63) is 36.5 Å². The predicted octanol–water partition coefficient (Wildman–Crippen LogP) is 13.4. The van der Waals surface area contributed by atoms with E-state index in [-0.39, 0.29) is 32.2 Å². The first kappa shape index (κ1) is 57.5. The molecule has 0 fully saturated rings. The number of aliphatic carboxylic acids is 1. The fourth-order valence-electron chi connectivity index (χ4n) is 6.74. The van der Waals surface area contributed by atoms with Gasteiger partial charge in [-0.2, -0.15) is 0 Å². The van der Waals surface area contributed by atoms with Crippen LogP contribution in [0.2, 0.25) is 0 Å². The fourth-order valence-corrected chi connectivity index (χ4v) is 6.74. The Morgan fingerprint density at radius 3 is 1.37 bits per heavy atom. The third-order valence-electron chi connectivity index (χ3n) is 10.6. The molecule has 2 atom stereocenters. The summed E-state index contributed by atoms with van der Waals surface area (Å²) < 4.78 is 22.8. The number of hydrogen-bond acceptors (Lipinski definition) is 7. The second kappa shape index (κ2) is 43.2. The fraction of sp³-hybridized carbons (Fsp3) is 0.824. The second-order valence-electron chi connectivity index (χ2n) is 17.8. The van der Waals surface area contributed by atoms with E-state index in [0.29, 0.717) is 23.9 Å². The Labute approximate surface area is 369 Å². The lowest BCUT2D eigenvalue weighted by atomic mass is 10.1. The van der Waals surface area contributed by atoms with Crippen LogP contribution in [0.1, 0.15) is 213 Å². The zero-order chi connectivity index (χ0) is 44.2. The van der Waals surface area contributed by atoms with Crippen LogP contribution in [0.15, 0.2) is 36.5 Å². The van der Waals surface area contributed by atoms with Gasteiger partial charge in [-0.1, -0.05) is 166 Å². The molecule has 9 nitrogen and oxygen atoms in total. The van der Waals surface area contributed by atoms with Crippen molar-refractivity contribution in [2.75, 3.05) is 47.5 Å². The molecule has 2 unspecified atom stereocenters. The van der Waals surface area contributed by atoms with Crippen molar-refractivity contribution in [1.82, 2.24) is 0 Å². The molecular weight excluding hydrogens is 755 g/mol. The van der Waals surface area contributed by atoms with E-state index in [0.717, 1.165) is 51.4 Å². The molecule has 1 N–H and O–H groups in total. The Balaban J connectivity index is 4.39. The standard InChI is InChI=1S/C51H93NO8/c1-6-8-10-12-14-16-18-20-22-24-26-27-29-31-33-35-37-39-41-48(53)58-45-47(46-59-51(50(55)56)57-44-43-52(3,4)5)60-49(54)42-40-38-36-34-32-30-28-25-23-21-19-17-15-13-11-9-7-2/h15,17,21-24,47,51H,6-14,16,18-20,25-46H2,1-5H3/p+1/b17-15-,23-21-,24-22-. The maximum absolute atomic E-state index is 12.8. The SMILES string of the molecule is CCCCC/C=C\C/C=C\CCCCCCCCCC(=O)OC(COC(=O)CCCCCCCCC/C=C\CCCCCCCCC)COC(OCC[N+](C)(C)C)C(=O)O. The number of quaternary nitrogens is 1. The minimum absolute atomic E-state index is 0.185. The van der Waals surface area contributed by atoms with Crippen LogP contribution in [-0.2, 0) is 33.3 Å². The number of hydrogen-bond donors (Lipinski definition) is 1. The smallest absolute Gasteiger partial charge is 0.361 e. The van der Waals surface area contributed by atoms with Gasteiger partial charge in [0, 0.05) is 12.8 Å². The molecule has 350 valence electrons. The predicted molar refractivity (Wildman–Crippen MR) is 249 cm³/mol. The van der Waals surface area contributed by atoms with Crippen molar-refractivity contribution in [1.29, 1.82) is 0 Å². The van der Waals surface area contributed by atoms with Gasteiger partial charge in [0.25, 0.3) is 6.29 Å². The Morgan fingerprint density at radius 1 is 0.500 bits per heavy atom. The lowest BCUT2D eigenvalue weighted by molar-refractivity contribution is -0.870. The molecule has 9 heteroatoms. The number of rotatable bonds is 45. The molecule has 0 aromatic heterocycles. The highest BCUT2D eigenvalue weighted by molar-refractivity contribution is 5.71. The van der Waals surface area contributed by atoms with E-state index >= 15 is 0 Å². The van der Waals surface area contributed by atoms with Crippen molar-refractivity contribution in [3.63, 3.8) is 0 Å². The number of allylic oxidation sites excluding steroid dienone is 6. The average Bonchev–Trinajstić information content (AvgIpc) is 3.21. The second-order valence-corrected chi connectivity index (χ2v) is 17.8. The number of unbranched alkanes of at least 4 members (excludes halogenated alkanes) is 24. The first-order chi connectivity index (χ1) is 29.1. The molecular formula is C51H94NO8+. The Morgan fingerprint density at radius 2 is 0.900 bits per heavy atom. The molecule has 0 aromatic rings. The normalized spacial score (nSPS) is 13.2. The van der Waals surface area contributed by atoms with Gasteiger partial charge in [0.15, 0.2) is 6.10 Å². The molecule has 0 radical (unpaired) electrons. The van der Waals surface area contributed by atoms with Crippen molar-refractivity contribution in [2.24, 2.45) is 0 Å². The lowest BCUT2D eigenvalue weighted by Gasteiger charge is -2.25. The summed E-state index contributed by atoms with van der Waals surface area (Å²) in [6, 6.07) is 0. The van der Waals surface area contributed by atoms with E-state index in [4.69, 9.17) is 18.9 Å². The number of carbonyl (C=O) groups is 3. The molecule has 60 heavy (non-hydrogen) atoms. The van der Waals surface area contributed by atoms with Gasteiger partial charge in [0.1, 0.15) is 13.2 Å². The largest absolute Gasteiger partial charge is 0.477 e. The Hall–Kier alpha value is -2.49. The van der Waals surface area contributed by atoms with Gasteiger partial charge in [-0.3, -0.25) is 9.59 Å². The van der Waals surface area contributed by atoms with Gasteiger partial charge in [0.05, 0.1) is 34.4 Å². The van der Waals surface area contributed by atoms with Crippen molar-refractivity contribution >= 4 is 17.9 Å². The summed E-state index contributed by atoms with van der Waals surface area (Å²) in [5.41, 5.74) is 0. The monoisotopic (exact) mass is 849 g/mol. The number of esters is 2. The summed E-state index contributed by atoms with van der Waals surface area (Å²) in [5, 5.41) is 9.65. The van der Waals surface area contributed by atoms with Crippen LogP contribution in [0, 0.1) is 0 Å². The van der Waals surface area contributed by atoms with Crippen LogP contribution >= 0.6 is 0 Å². The molecule has 0 saturated carbocycles. The van der Waals surface area contributed by atoms with Crippen molar-refractivity contribution in [2.45, 2.75) is 225 Å². The highest BCUT2D eigenvalue weighted by Crippen LogP contribution is 2.14. The molecule has 0 aliphatic carbocycles. The summed E-state index contributed by atoms with van der Waals surface area (Å²) in [4.78, 5) is 37.2. The van der Waals surface area contributed by atoms with Gasteiger partial charge >= 0.3 is 17.9 Å². The van der Waals surface area contributed by atoms with E-state index in [1.54, 1.807) is 0 Å². The highest BCUT2D eigenvalue weighted by Gasteiger charge is 2.25. The summed E-state index contributed by atoms with van der Waals surface area (Å²) >= 11 is 0. The summed E-state index contributed by atoms with van der Waals surface area (Å²) in [5.74, 6) is -2.02. The van der Waals surface area contributed by atoms with Gasteiger partial charge in [-0.25, -0.2) is 4.79 Å². The topological polar surface area (TPSA) is 108 Å². The first-order valence-electron chi connectivity index (χ1n) is 24.7. The third-order valence-corrected chi connectivity index (χ3v) is 10.6. The van der Waals surface area contributed by atoms with Crippen LogP contribution in [0.5, 0.6) is 0 Å². The number of carboxylic acid groups (broad SMARTS) is 1. The molecule has 0 aromatic carbocycles. The number of nitrogens with zero attached hydrogens (tertiary/aromatic N) is 1. The molecule has 0 aliphatic rings. The van der Waals surface area contributed by atoms with Gasteiger partial charge in [-0.05, 0) is 70.6 Å². The zero-order valence-corrected chi connectivity index (χ0v) is 39.6. The van der Waals surface area contributed by atoms with Crippen LogP contribution < -0.4 is 0 Å². The minimum atomic E-state index is -1.51. The van der Waals surface area contributed by atoms with Crippen LogP contribution in [-0.4, -0.2) is 87.4 Å². The number of ether oxygens (including phenoxy) is 4. The lowest BCUT2D eigenvalue weighted by Crippen LogP contribution is -2.40. The average molecular weight is 849 g/mol. The van der Waals surface area contributed by atoms with E-state index in [2.05, 4.69) is 50.3 Å². The molecule has 0 spiro atoms. The maximum Gasteiger partial charge on any atom is 0.361 e. The molecule has 0 saturated heterocycles. The van der Waals surface area contributed by atoms with Crippen molar-refractivity contribution < 1.29 is 42.9 Å².